The van der Waals surface area contributed by atoms with Gasteiger partial charge in [0.2, 0.25) is 5.88 Å². The normalized spacial score (nSPS) is 10.9. The monoisotopic (exact) mass is 511 g/mol. The molecular weight excluding hydrogens is 488 g/mol. The Morgan fingerprint density at radius 3 is 2.55 bits per heavy atom. The van der Waals surface area contributed by atoms with Gasteiger partial charge in [0.25, 0.3) is 0 Å². The Hall–Kier alpha value is -2.76. The Morgan fingerprint density at radius 2 is 1.93 bits per heavy atom. The second-order valence-corrected chi connectivity index (χ2v) is 5.91. The number of nitrogens with one attached hydrogen (secondary N) is 2. The summed E-state index contributed by atoms with van der Waals surface area (Å²) in [5.41, 5.74) is 0.933. The number of hydrogen-bond acceptors (Lipinski definition) is 5. The Labute approximate surface area is 185 Å². The predicted molar refractivity (Wildman–Crippen MR) is 119 cm³/mol. The molecule has 0 atom stereocenters. The molecule has 0 saturated carbocycles. The topological polar surface area (TPSA) is 89.2 Å². The first-order valence-electron chi connectivity index (χ1n) is 8.87. The first-order valence-corrected chi connectivity index (χ1v) is 8.87. The van der Waals surface area contributed by atoms with Gasteiger partial charge >= 0.3 is 0 Å². The Morgan fingerprint density at radius 1 is 1.14 bits per heavy atom. The molecule has 2 heterocycles. The fourth-order valence-electron chi connectivity index (χ4n) is 2.34. The highest BCUT2D eigenvalue weighted by molar-refractivity contribution is 14.0. The number of aromatic nitrogens is 4. The van der Waals surface area contributed by atoms with Gasteiger partial charge in [-0.25, -0.2) is 19.4 Å². The number of aryl methyl sites for hydroxylation is 1. The lowest BCUT2D eigenvalue weighted by atomic mass is 10.3. The van der Waals surface area contributed by atoms with E-state index in [4.69, 9.17) is 4.74 Å². The van der Waals surface area contributed by atoms with Crippen LogP contribution in [0.25, 0.3) is 0 Å². The van der Waals surface area contributed by atoms with Crippen LogP contribution in [0.4, 0.5) is 4.39 Å². The lowest BCUT2D eigenvalue weighted by Gasteiger charge is -2.11. The third-order valence-corrected chi connectivity index (χ3v) is 3.82. The largest absolute Gasteiger partial charge is 0.439 e. The molecule has 1 aromatic carbocycles. The number of benzene rings is 1. The summed E-state index contributed by atoms with van der Waals surface area (Å²) in [6.45, 7) is 3.72. The van der Waals surface area contributed by atoms with Crippen molar-refractivity contribution in [2.24, 2.45) is 12.0 Å². The minimum Gasteiger partial charge on any atom is -0.439 e. The molecule has 2 aromatic heterocycles. The average molecular weight is 511 g/mol. The highest BCUT2D eigenvalue weighted by Crippen LogP contribution is 2.19. The number of guanidine groups is 1. The van der Waals surface area contributed by atoms with Crippen LogP contribution in [-0.2, 0) is 20.1 Å². The van der Waals surface area contributed by atoms with Crippen LogP contribution in [0.5, 0.6) is 11.6 Å². The van der Waals surface area contributed by atoms with E-state index in [9.17, 15) is 4.39 Å². The number of rotatable bonds is 7. The van der Waals surface area contributed by atoms with Crippen molar-refractivity contribution in [3.63, 3.8) is 0 Å². The van der Waals surface area contributed by atoms with Crippen LogP contribution in [-0.4, -0.2) is 32.3 Å². The summed E-state index contributed by atoms with van der Waals surface area (Å²) in [4.78, 5) is 13.0. The molecule has 0 amide bonds. The summed E-state index contributed by atoms with van der Waals surface area (Å²) in [5, 5.41) is 10.5. The highest BCUT2D eigenvalue weighted by atomic mass is 127. The van der Waals surface area contributed by atoms with Crippen LogP contribution in [0.3, 0.4) is 0 Å². The predicted octanol–water partition coefficient (Wildman–Crippen LogP) is 3.01. The maximum absolute atomic E-state index is 12.9. The van der Waals surface area contributed by atoms with Crippen LogP contribution in [0.2, 0.25) is 0 Å². The molecule has 154 valence electrons. The summed E-state index contributed by atoms with van der Waals surface area (Å²) in [6.07, 6.45) is 3.22. The van der Waals surface area contributed by atoms with E-state index in [2.05, 4.69) is 30.7 Å². The van der Waals surface area contributed by atoms with Gasteiger partial charge in [0.1, 0.15) is 23.7 Å². The zero-order valence-electron chi connectivity index (χ0n) is 16.2. The number of aliphatic imine (C=N–C) groups is 1. The fraction of sp³-hybridized carbons (Fsp3) is 0.263. The molecule has 0 spiro atoms. The van der Waals surface area contributed by atoms with Crippen molar-refractivity contribution in [3.8, 4) is 11.6 Å². The molecule has 2 N–H and O–H groups in total. The number of hydrogen-bond donors (Lipinski definition) is 2. The maximum atomic E-state index is 12.9. The van der Waals surface area contributed by atoms with E-state index in [-0.39, 0.29) is 29.8 Å². The van der Waals surface area contributed by atoms with Gasteiger partial charge in [-0.2, -0.15) is 5.10 Å². The summed E-state index contributed by atoms with van der Waals surface area (Å²) >= 11 is 0. The number of ether oxygens (including phenoxy) is 1. The summed E-state index contributed by atoms with van der Waals surface area (Å²) in [5.74, 6) is 2.15. The van der Waals surface area contributed by atoms with Gasteiger partial charge < -0.3 is 15.4 Å². The lowest BCUT2D eigenvalue weighted by molar-refractivity contribution is 0.461. The summed E-state index contributed by atoms with van der Waals surface area (Å²) in [6, 6.07) is 9.44. The number of halogens is 2. The highest BCUT2D eigenvalue weighted by Gasteiger charge is 2.04. The molecule has 0 saturated heterocycles. The molecule has 29 heavy (non-hydrogen) atoms. The van der Waals surface area contributed by atoms with Crippen molar-refractivity contribution in [3.05, 3.63) is 66.1 Å². The average Bonchev–Trinajstić information content (AvgIpc) is 3.12. The minimum absolute atomic E-state index is 0. The minimum atomic E-state index is -0.308. The van der Waals surface area contributed by atoms with E-state index >= 15 is 0 Å². The molecule has 0 fully saturated rings. The van der Waals surface area contributed by atoms with Gasteiger partial charge in [0.05, 0.1) is 13.1 Å². The molecule has 8 nitrogen and oxygen atoms in total. The fourth-order valence-corrected chi connectivity index (χ4v) is 2.34. The molecule has 0 aliphatic heterocycles. The molecule has 10 heteroatoms. The smallest absolute Gasteiger partial charge is 0.219 e. The second kappa shape index (κ2) is 11.3. The van der Waals surface area contributed by atoms with E-state index in [0.29, 0.717) is 30.7 Å². The zero-order chi connectivity index (χ0) is 19.8. The van der Waals surface area contributed by atoms with Gasteiger partial charge in [0, 0.05) is 25.9 Å². The Kier molecular flexibility index (Phi) is 8.77. The van der Waals surface area contributed by atoms with E-state index in [1.165, 1.54) is 18.5 Å². The van der Waals surface area contributed by atoms with Crippen LogP contribution in [0, 0.1) is 5.82 Å². The standard InChI is InChI=1S/C19H22FN7O.HI/c1-3-21-19(24-12-17-25-13-26-27(17)2)23-11-14-4-9-18(22-10-14)28-16-7-5-15(20)6-8-16;/h4-10,13H,3,11-12H2,1-2H3,(H2,21,23,24);1H. The molecule has 0 bridgehead atoms. The van der Waals surface area contributed by atoms with Gasteiger partial charge in [-0.1, -0.05) is 6.07 Å². The molecule has 3 aromatic rings. The molecule has 0 aliphatic carbocycles. The maximum Gasteiger partial charge on any atom is 0.219 e. The number of pyridine rings is 1. The second-order valence-electron chi connectivity index (χ2n) is 5.91. The van der Waals surface area contributed by atoms with E-state index in [0.717, 1.165) is 17.9 Å². The molecule has 3 rings (SSSR count). The van der Waals surface area contributed by atoms with Crippen molar-refractivity contribution in [2.45, 2.75) is 20.0 Å². The van der Waals surface area contributed by atoms with Gasteiger partial charge in [-0.15, -0.1) is 24.0 Å². The van der Waals surface area contributed by atoms with Crippen molar-refractivity contribution in [2.75, 3.05) is 6.54 Å². The Bertz CT molecular complexity index is 913. The summed E-state index contributed by atoms with van der Waals surface area (Å²) in [7, 11) is 1.84. The molecular formula is C19H23FIN7O. The van der Waals surface area contributed by atoms with Crippen LogP contribution in [0.1, 0.15) is 18.3 Å². The summed E-state index contributed by atoms with van der Waals surface area (Å²) < 4.78 is 20.2. The van der Waals surface area contributed by atoms with Gasteiger partial charge in [0.15, 0.2) is 5.96 Å². The molecule has 0 unspecified atom stereocenters. The molecule has 0 aliphatic rings. The van der Waals surface area contributed by atoms with Crippen molar-refractivity contribution < 1.29 is 9.13 Å². The van der Waals surface area contributed by atoms with E-state index < -0.39 is 0 Å². The van der Waals surface area contributed by atoms with Crippen LogP contribution in [0.15, 0.2) is 53.9 Å². The van der Waals surface area contributed by atoms with Crippen LogP contribution >= 0.6 is 24.0 Å². The van der Waals surface area contributed by atoms with Gasteiger partial charge in [-0.3, -0.25) is 4.68 Å². The lowest BCUT2D eigenvalue weighted by Crippen LogP contribution is -2.37. The first kappa shape index (κ1) is 22.5. The third kappa shape index (κ3) is 6.97. The zero-order valence-corrected chi connectivity index (χ0v) is 18.5. The Balaban J connectivity index is 0.00000300. The first-order chi connectivity index (χ1) is 13.6. The number of nitrogens with zero attached hydrogens (tertiary/aromatic N) is 5. The van der Waals surface area contributed by atoms with Crippen LogP contribution < -0.4 is 15.4 Å². The van der Waals surface area contributed by atoms with Crippen molar-refractivity contribution in [1.82, 2.24) is 30.4 Å². The molecule has 0 radical (unpaired) electrons. The van der Waals surface area contributed by atoms with E-state index in [1.54, 1.807) is 29.1 Å². The SMILES string of the molecule is CCNC(=NCc1ccc(Oc2ccc(F)cc2)nc1)NCc1ncnn1C.I. The quantitative estimate of drug-likeness (QED) is 0.288. The third-order valence-electron chi connectivity index (χ3n) is 3.82. The van der Waals surface area contributed by atoms with E-state index in [1.807, 2.05) is 20.0 Å². The van der Waals surface area contributed by atoms with Crippen molar-refractivity contribution in [1.29, 1.82) is 0 Å². The van der Waals surface area contributed by atoms with Gasteiger partial charge in [-0.05, 0) is 36.8 Å². The van der Waals surface area contributed by atoms with Crippen molar-refractivity contribution >= 4 is 29.9 Å².